The minimum Gasteiger partial charge on any atom is -0.288 e. The number of thiophene rings is 1. The molecule has 3 rings (SSSR count). The molecular weight excluding hydrogens is 218 g/mol. The molecule has 0 spiro atoms. The monoisotopic (exact) mass is 229 g/mol. The molecule has 0 aromatic carbocycles. The Hall–Kier alpha value is -1.68. The normalized spacial score (nSPS) is 11.1. The lowest BCUT2D eigenvalue weighted by molar-refractivity contribution is 1.01. The summed E-state index contributed by atoms with van der Waals surface area (Å²) in [6, 6.07) is 4.14. The van der Waals surface area contributed by atoms with Crippen LogP contribution < -0.4 is 0 Å². The van der Waals surface area contributed by atoms with Crippen LogP contribution in [0.15, 0.2) is 29.1 Å². The molecule has 0 radical (unpaired) electrons. The van der Waals surface area contributed by atoms with Crippen LogP contribution >= 0.6 is 11.3 Å². The molecule has 0 aliphatic carbocycles. The van der Waals surface area contributed by atoms with E-state index in [4.69, 9.17) is 0 Å². The van der Waals surface area contributed by atoms with E-state index in [0.717, 1.165) is 28.4 Å². The van der Waals surface area contributed by atoms with E-state index >= 15 is 0 Å². The zero-order chi connectivity index (χ0) is 11.1. The topological polar surface area (TPSA) is 30.2 Å². The van der Waals surface area contributed by atoms with Gasteiger partial charge in [0.05, 0.1) is 5.69 Å². The quantitative estimate of drug-likeness (QED) is 0.642. The summed E-state index contributed by atoms with van der Waals surface area (Å²) in [6.45, 7) is 4.06. The summed E-state index contributed by atoms with van der Waals surface area (Å²) in [5.74, 6) is 0.777. The average molecular weight is 229 g/mol. The third-order valence-electron chi connectivity index (χ3n) is 2.58. The first kappa shape index (κ1) is 9.54. The Morgan fingerprint density at radius 2 is 2.12 bits per heavy atom. The Bertz CT molecular complexity index is 638. The van der Waals surface area contributed by atoms with E-state index in [1.807, 2.05) is 17.5 Å². The minimum absolute atomic E-state index is 0.777. The maximum Gasteiger partial charge on any atom is 0.234 e. The molecule has 0 saturated carbocycles. The van der Waals surface area contributed by atoms with Crippen molar-refractivity contribution in [3.05, 3.63) is 40.5 Å². The molecule has 3 aromatic heterocycles. The fraction of sp³-hybridized carbons (Fsp3) is 0.167. The van der Waals surface area contributed by atoms with Gasteiger partial charge in [0.2, 0.25) is 5.78 Å². The molecule has 3 aromatic rings. The van der Waals surface area contributed by atoms with Crippen molar-refractivity contribution in [2.45, 2.75) is 13.8 Å². The standard InChI is InChI=1S/C12H11N3S/c1-8-5-9(2)15-6-11(14-12(15)13-8)10-3-4-16-7-10/h3-7H,1-2H3. The first-order valence-corrected chi connectivity index (χ1v) is 6.04. The Kier molecular flexibility index (Phi) is 2.04. The largest absolute Gasteiger partial charge is 0.288 e. The van der Waals surface area contributed by atoms with Gasteiger partial charge in [-0.1, -0.05) is 0 Å². The van der Waals surface area contributed by atoms with Crippen LogP contribution in [0.25, 0.3) is 17.0 Å². The van der Waals surface area contributed by atoms with E-state index < -0.39 is 0 Å². The molecular formula is C12H11N3S. The number of nitrogens with zero attached hydrogens (tertiary/aromatic N) is 3. The van der Waals surface area contributed by atoms with E-state index in [0.29, 0.717) is 0 Å². The maximum absolute atomic E-state index is 4.54. The Morgan fingerprint density at radius 3 is 2.88 bits per heavy atom. The Labute approximate surface area is 97.4 Å². The molecule has 0 aliphatic rings. The third kappa shape index (κ3) is 1.42. The molecule has 0 aliphatic heterocycles. The van der Waals surface area contributed by atoms with Gasteiger partial charge in [0.15, 0.2) is 0 Å². The fourth-order valence-electron chi connectivity index (χ4n) is 1.82. The van der Waals surface area contributed by atoms with Gasteiger partial charge in [-0.3, -0.25) is 4.40 Å². The number of aryl methyl sites for hydroxylation is 2. The van der Waals surface area contributed by atoms with Crippen LogP contribution in [0.1, 0.15) is 11.4 Å². The number of hydrogen-bond donors (Lipinski definition) is 0. The first-order valence-electron chi connectivity index (χ1n) is 5.10. The van der Waals surface area contributed by atoms with Crippen molar-refractivity contribution in [1.82, 2.24) is 14.4 Å². The first-order chi connectivity index (χ1) is 7.74. The molecule has 0 amide bonds. The zero-order valence-corrected chi connectivity index (χ0v) is 9.95. The van der Waals surface area contributed by atoms with Gasteiger partial charge in [-0.25, -0.2) is 9.97 Å². The average Bonchev–Trinajstić information content (AvgIpc) is 2.82. The van der Waals surface area contributed by atoms with Crippen LogP contribution in [0, 0.1) is 13.8 Å². The van der Waals surface area contributed by atoms with Gasteiger partial charge in [0.1, 0.15) is 0 Å². The van der Waals surface area contributed by atoms with Crippen LogP contribution in [0.3, 0.4) is 0 Å². The molecule has 3 heterocycles. The maximum atomic E-state index is 4.54. The summed E-state index contributed by atoms with van der Waals surface area (Å²) in [5.41, 5.74) is 4.32. The highest BCUT2D eigenvalue weighted by Gasteiger charge is 2.07. The second kappa shape index (κ2) is 3.42. The number of rotatable bonds is 1. The molecule has 4 heteroatoms. The number of aromatic nitrogens is 3. The predicted octanol–water partition coefficient (Wildman–Crippen LogP) is 3.07. The van der Waals surface area contributed by atoms with Gasteiger partial charge in [-0.15, -0.1) is 0 Å². The van der Waals surface area contributed by atoms with Crippen molar-refractivity contribution in [3.63, 3.8) is 0 Å². The van der Waals surface area contributed by atoms with E-state index in [-0.39, 0.29) is 0 Å². The summed E-state index contributed by atoms with van der Waals surface area (Å²) in [5, 5.41) is 4.16. The van der Waals surface area contributed by atoms with E-state index in [1.165, 1.54) is 0 Å². The summed E-state index contributed by atoms with van der Waals surface area (Å²) >= 11 is 1.68. The lowest BCUT2D eigenvalue weighted by atomic mass is 10.3. The van der Waals surface area contributed by atoms with Crippen molar-refractivity contribution < 1.29 is 0 Å². The van der Waals surface area contributed by atoms with Crippen LogP contribution in [0.5, 0.6) is 0 Å². The van der Waals surface area contributed by atoms with E-state index in [9.17, 15) is 0 Å². The highest BCUT2D eigenvalue weighted by molar-refractivity contribution is 7.08. The second-order valence-corrected chi connectivity index (χ2v) is 4.63. The van der Waals surface area contributed by atoms with Crippen molar-refractivity contribution >= 4 is 17.1 Å². The third-order valence-corrected chi connectivity index (χ3v) is 3.26. The lowest BCUT2D eigenvalue weighted by Crippen LogP contribution is -1.94. The van der Waals surface area contributed by atoms with Crippen molar-refractivity contribution in [2.75, 3.05) is 0 Å². The van der Waals surface area contributed by atoms with Crippen LogP contribution in [-0.2, 0) is 0 Å². The van der Waals surface area contributed by atoms with Crippen molar-refractivity contribution in [2.24, 2.45) is 0 Å². The molecule has 0 atom stereocenters. The second-order valence-electron chi connectivity index (χ2n) is 3.85. The Morgan fingerprint density at radius 1 is 1.25 bits per heavy atom. The number of hydrogen-bond acceptors (Lipinski definition) is 3. The van der Waals surface area contributed by atoms with Crippen LogP contribution in [0.2, 0.25) is 0 Å². The molecule has 0 saturated heterocycles. The number of fused-ring (bicyclic) bond motifs is 1. The Balaban J connectivity index is 2.27. The van der Waals surface area contributed by atoms with Crippen molar-refractivity contribution in [3.8, 4) is 11.3 Å². The lowest BCUT2D eigenvalue weighted by Gasteiger charge is -1.98. The summed E-state index contributed by atoms with van der Waals surface area (Å²) in [6.07, 6.45) is 2.04. The van der Waals surface area contributed by atoms with E-state index in [1.54, 1.807) is 11.3 Å². The summed E-state index contributed by atoms with van der Waals surface area (Å²) < 4.78 is 2.03. The van der Waals surface area contributed by atoms with Gasteiger partial charge in [0.25, 0.3) is 0 Å². The summed E-state index contributed by atoms with van der Waals surface area (Å²) in [7, 11) is 0. The van der Waals surface area contributed by atoms with Crippen LogP contribution in [0.4, 0.5) is 0 Å². The van der Waals surface area contributed by atoms with Gasteiger partial charge in [0, 0.05) is 28.5 Å². The minimum atomic E-state index is 0.777. The smallest absolute Gasteiger partial charge is 0.234 e. The molecule has 0 N–H and O–H groups in total. The van der Waals surface area contributed by atoms with Gasteiger partial charge in [-0.05, 0) is 31.4 Å². The van der Waals surface area contributed by atoms with Gasteiger partial charge >= 0.3 is 0 Å². The molecule has 3 nitrogen and oxygen atoms in total. The predicted molar refractivity (Wildman–Crippen MR) is 65.8 cm³/mol. The van der Waals surface area contributed by atoms with Crippen molar-refractivity contribution in [1.29, 1.82) is 0 Å². The highest BCUT2D eigenvalue weighted by atomic mass is 32.1. The molecule has 80 valence electrons. The number of imidazole rings is 1. The highest BCUT2D eigenvalue weighted by Crippen LogP contribution is 2.21. The SMILES string of the molecule is Cc1cc(C)n2cc(-c3ccsc3)nc2n1. The molecule has 0 bridgehead atoms. The summed E-state index contributed by atoms with van der Waals surface area (Å²) in [4.78, 5) is 8.96. The van der Waals surface area contributed by atoms with Gasteiger partial charge < -0.3 is 0 Å². The zero-order valence-electron chi connectivity index (χ0n) is 9.14. The van der Waals surface area contributed by atoms with Gasteiger partial charge in [-0.2, -0.15) is 11.3 Å². The molecule has 16 heavy (non-hydrogen) atoms. The van der Waals surface area contributed by atoms with E-state index in [2.05, 4.69) is 39.8 Å². The molecule has 0 unspecified atom stereocenters. The molecule has 0 fully saturated rings. The van der Waals surface area contributed by atoms with Crippen LogP contribution in [-0.4, -0.2) is 14.4 Å². The fourth-order valence-corrected chi connectivity index (χ4v) is 2.47.